The highest BCUT2D eigenvalue weighted by Gasteiger charge is 2.08. The van der Waals surface area contributed by atoms with Crippen LogP contribution in [0.2, 0.25) is 0 Å². The highest BCUT2D eigenvalue weighted by Crippen LogP contribution is 2.14. The smallest absolute Gasteiger partial charge is 0.123 e. The maximum absolute atomic E-state index is 13.0. The fourth-order valence-corrected chi connectivity index (χ4v) is 2.27. The van der Waals surface area contributed by atoms with E-state index in [1.54, 1.807) is 6.07 Å². The van der Waals surface area contributed by atoms with E-state index < -0.39 is 0 Å². The molecule has 0 spiro atoms. The van der Waals surface area contributed by atoms with Gasteiger partial charge in [0.1, 0.15) is 5.82 Å². The van der Waals surface area contributed by atoms with E-state index >= 15 is 0 Å². The van der Waals surface area contributed by atoms with Gasteiger partial charge in [-0.15, -0.1) is 0 Å². The normalized spacial score (nSPS) is 12.4. The van der Waals surface area contributed by atoms with E-state index in [0.717, 1.165) is 24.0 Å². The van der Waals surface area contributed by atoms with Crippen molar-refractivity contribution in [2.75, 3.05) is 0 Å². The van der Waals surface area contributed by atoms with E-state index in [4.69, 9.17) is 5.73 Å². The standard InChI is InChI=1S/C17H20FN/c1-12-3-5-14(6-4-12)10-17(19)11-15-7-8-16(18)9-13(15)2/h3-9,17H,10-11,19H2,1-2H3. The molecule has 1 unspecified atom stereocenters. The second kappa shape index (κ2) is 5.98. The van der Waals surface area contributed by atoms with Gasteiger partial charge in [0, 0.05) is 6.04 Å². The Morgan fingerprint density at radius 3 is 2.32 bits per heavy atom. The first kappa shape index (κ1) is 13.8. The molecule has 19 heavy (non-hydrogen) atoms. The maximum atomic E-state index is 13.0. The Morgan fingerprint density at radius 2 is 1.68 bits per heavy atom. The van der Waals surface area contributed by atoms with Gasteiger partial charge in [-0.25, -0.2) is 4.39 Å². The highest BCUT2D eigenvalue weighted by atomic mass is 19.1. The minimum absolute atomic E-state index is 0.0619. The van der Waals surface area contributed by atoms with Crippen molar-refractivity contribution in [3.8, 4) is 0 Å². The third-order valence-electron chi connectivity index (χ3n) is 3.41. The van der Waals surface area contributed by atoms with E-state index in [0.29, 0.717) is 0 Å². The summed E-state index contributed by atoms with van der Waals surface area (Å²) in [4.78, 5) is 0. The first-order valence-corrected chi connectivity index (χ1v) is 6.61. The van der Waals surface area contributed by atoms with Crippen LogP contribution in [-0.4, -0.2) is 6.04 Å². The molecule has 0 aliphatic carbocycles. The zero-order valence-corrected chi connectivity index (χ0v) is 11.5. The summed E-state index contributed by atoms with van der Waals surface area (Å²) in [6.07, 6.45) is 1.62. The van der Waals surface area contributed by atoms with Crippen LogP contribution in [0, 0.1) is 19.7 Å². The topological polar surface area (TPSA) is 26.0 Å². The van der Waals surface area contributed by atoms with Crippen molar-refractivity contribution >= 4 is 0 Å². The van der Waals surface area contributed by atoms with Crippen molar-refractivity contribution < 1.29 is 4.39 Å². The Hall–Kier alpha value is -1.67. The number of rotatable bonds is 4. The van der Waals surface area contributed by atoms with Gasteiger partial charge in [-0.3, -0.25) is 0 Å². The first-order valence-electron chi connectivity index (χ1n) is 6.61. The van der Waals surface area contributed by atoms with Gasteiger partial charge in [0.25, 0.3) is 0 Å². The molecule has 0 heterocycles. The van der Waals surface area contributed by atoms with Gasteiger partial charge in [0.2, 0.25) is 0 Å². The van der Waals surface area contributed by atoms with Crippen LogP contribution in [0.4, 0.5) is 4.39 Å². The summed E-state index contributed by atoms with van der Waals surface area (Å²) in [5.41, 5.74) is 10.8. The fraction of sp³-hybridized carbons (Fsp3) is 0.294. The summed E-state index contributed by atoms with van der Waals surface area (Å²) in [5, 5.41) is 0. The Balaban J connectivity index is 2.01. The van der Waals surface area contributed by atoms with Crippen molar-refractivity contribution in [1.29, 1.82) is 0 Å². The lowest BCUT2D eigenvalue weighted by atomic mass is 9.96. The molecule has 0 aromatic heterocycles. The van der Waals surface area contributed by atoms with Gasteiger partial charge < -0.3 is 5.73 Å². The third-order valence-corrected chi connectivity index (χ3v) is 3.41. The molecule has 0 aliphatic heterocycles. The minimum Gasteiger partial charge on any atom is -0.327 e. The van der Waals surface area contributed by atoms with E-state index in [1.807, 2.05) is 13.0 Å². The predicted molar refractivity (Wildman–Crippen MR) is 77.7 cm³/mol. The molecule has 0 saturated heterocycles. The fourth-order valence-electron chi connectivity index (χ4n) is 2.27. The number of halogens is 1. The molecule has 1 nitrogen and oxygen atoms in total. The largest absolute Gasteiger partial charge is 0.327 e. The molecule has 2 N–H and O–H groups in total. The monoisotopic (exact) mass is 257 g/mol. The van der Waals surface area contributed by atoms with Crippen molar-refractivity contribution in [3.63, 3.8) is 0 Å². The average Bonchev–Trinajstić information content (AvgIpc) is 2.36. The second-order valence-electron chi connectivity index (χ2n) is 5.22. The zero-order chi connectivity index (χ0) is 13.8. The zero-order valence-electron chi connectivity index (χ0n) is 11.5. The predicted octanol–water partition coefficient (Wildman–Crippen LogP) is 3.56. The third kappa shape index (κ3) is 3.90. The lowest BCUT2D eigenvalue weighted by Gasteiger charge is -2.14. The molecule has 0 amide bonds. The number of nitrogens with two attached hydrogens (primary N) is 1. The second-order valence-corrected chi connectivity index (χ2v) is 5.22. The average molecular weight is 257 g/mol. The molecule has 2 rings (SSSR count). The lowest BCUT2D eigenvalue weighted by molar-refractivity contribution is 0.621. The molecule has 0 fully saturated rings. The summed E-state index contributed by atoms with van der Waals surface area (Å²) >= 11 is 0. The Bertz CT molecular complexity index is 546. The van der Waals surface area contributed by atoms with Gasteiger partial charge in [-0.2, -0.15) is 0 Å². The molecular formula is C17H20FN. The van der Waals surface area contributed by atoms with E-state index in [-0.39, 0.29) is 11.9 Å². The van der Waals surface area contributed by atoms with Crippen LogP contribution in [-0.2, 0) is 12.8 Å². The lowest BCUT2D eigenvalue weighted by Crippen LogP contribution is -2.25. The SMILES string of the molecule is Cc1ccc(CC(N)Cc2ccc(F)cc2C)cc1. The molecule has 100 valence electrons. The van der Waals surface area contributed by atoms with Crippen LogP contribution >= 0.6 is 0 Å². The van der Waals surface area contributed by atoms with Crippen molar-refractivity contribution in [2.45, 2.75) is 32.7 Å². The van der Waals surface area contributed by atoms with Gasteiger partial charge in [0.05, 0.1) is 0 Å². The van der Waals surface area contributed by atoms with Gasteiger partial charge in [0.15, 0.2) is 0 Å². The Morgan fingerprint density at radius 1 is 1.00 bits per heavy atom. The van der Waals surface area contributed by atoms with Crippen LogP contribution in [0.1, 0.15) is 22.3 Å². The van der Waals surface area contributed by atoms with Gasteiger partial charge >= 0.3 is 0 Å². The molecule has 1 atom stereocenters. The van der Waals surface area contributed by atoms with Gasteiger partial charge in [-0.05, 0) is 55.5 Å². The van der Waals surface area contributed by atoms with Crippen molar-refractivity contribution in [2.24, 2.45) is 5.73 Å². The number of benzene rings is 2. The summed E-state index contributed by atoms with van der Waals surface area (Å²) < 4.78 is 13.0. The number of aryl methyl sites for hydroxylation is 2. The molecule has 2 aromatic carbocycles. The molecular weight excluding hydrogens is 237 g/mol. The molecule has 0 bridgehead atoms. The van der Waals surface area contributed by atoms with E-state index in [9.17, 15) is 4.39 Å². The summed E-state index contributed by atoms with van der Waals surface area (Å²) in [6.45, 7) is 4.00. The van der Waals surface area contributed by atoms with Crippen LogP contribution < -0.4 is 5.73 Å². The quantitative estimate of drug-likeness (QED) is 0.890. The summed E-state index contributed by atoms with van der Waals surface area (Å²) in [6, 6.07) is 13.4. The van der Waals surface area contributed by atoms with Crippen molar-refractivity contribution in [1.82, 2.24) is 0 Å². The van der Waals surface area contributed by atoms with Crippen molar-refractivity contribution in [3.05, 3.63) is 70.5 Å². The minimum atomic E-state index is -0.187. The van der Waals surface area contributed by atoms with E-state index in [2.05, 4.69) is 31.2 Å². The number of hydrogen-bond donors (Lipinski definition) is 1. The van der Waals surface area contributed by atoms with Crippen LogP contribution in [0.5, 0.6) is 0 Å². The highest BCUT2D eigenvalue weighted by molar-refractivity contribution is 5.28. The van der Waals surface area contributed by atoms with Crippen LogP contribution in [0.3, 0.4) is 0 Å². The Labute approximate surface area is 114 Å². The van der Waals surface area contributed by atoms with Gasteiger partial charge in [-0.1, -0.05) is 35.9 Å². The van der Waals surface area contributed by atoms with Crippen LogP contribution in [0.15, 0.2) is 42.5 Å². The maximum Gasteiger partial charge on any atom is 0.123 e. The molecule has 0 aliphatic rings. The summed E-state index contributed by atoms with van der Waals surface area (Å²) in [7, 11) is 0. The summed E-state index contributed by atoms with van der Waals surface area (Å²) in [5.74, 6) is -0.187. The molecule has 2 aromatic rings. The Kier molecular flexibility index (Phi) is 4.33. The molecule has 0 radical (unpaired) electrons. The number of hydrogen-bond acceptors (Lipinski definition) is 1. The molecule has 0 saturated carbocycles. The van der Waals surface area contributed by atoms with Crippen LogP contribution in [0.25, 0.3) is 0 Å². The first-order chi connectivity index (χ1) is 9.04. The molecule has 2 heteroatoms. The van der Waals surface area contributed by atoms with E-state index in [1.165, 1.54) is 17.2 Å².